The number of hydrogen-bond acceptors (Lipinski definition) is 18. The molecule has 0 amide bonds. The van der Waals surface area contributed by atoms with Gasteiger partial charge in [0.05, 0.1) is 38.1 Å². The molecule has 2 unspecified atom stereocenters. The predicted octanol–water partition coefficient (Wildman–Crippen LogP) is -0.713. The van der Waals surface area contributed by atoms with Crippen molar-refractivity contribution in [3.8, 4) is 0 Å². The first-order valence-electron chi connectivity index (χ1n) is 23.9. The number of allylic oxidation sites excluding steroid dienone is 2. The van der Waals surface area contributed by atoms with E-state index in [1.807, 2.05) is 6.92 Å². The van der Waals surface area contributed by atoms with Gasteiger partial charge in [-0.05, 0) is 90.8 Å². The quantitative estimate of drug-likeness (QED) is 0.100. The standard InChI is InChI=1S/C47H76O19/c1-42(2)16-21-20-8-9-25-44(4)12-11-26(63-41-35(31(55)30(54)34(64-41)38(59)60)65-40-33(57)29(53)28(52)23(17-48)62-40)45(5,19-49)24(44)10-13-47(25,7)46(20,6)15-14-43(21,3)36(58)37(42)66-39-32(56)27(51)22(50)18-61-39/h8,21-37,39-41,48-58H,9-19H2,1-7H3,(H,59,60)/t21-,22+,23+,24?,25?,26-,27-,28-,29-,30-,31-,32+,33+,34-,35+,36+,37-,39-,40-,41+,43+,44-,45+,46+,47+/m0/s1. The average Bonchev–Trinajstić information content (AvgIpc) is 3.26. The lowest BCUT2D eigenvalue weighted by molar-refractivity contribution is -0.375. The number of carboxylic acids is 1. The number of rotatable bonds is 9. The molecule has 3 aliphatic heterocycles. The Hall–Kier alpha value is -1.47. The summed E-state index contributed by atoms with van der Waals surface area (Å²) in [7, 11) is 0. The maximum Gasteiger partial charge on any atom is 0.335 e. The Bertz CT molecular complexity index is 1820. The number of fused-ring (bicyclic) bond motifs is 7. The van der Waals surface area contributed by atoms with Gasteiger partial charge in [0, 0.05) is 10.8 Å². The lowest BCUT2D eigenvalue weighted by Crippen LogP contribution is -2.68. The average molecular weight is 945 g/mol. The third-order valence-corrected chi connectivity index (χ3v) is 19.4. The molecule has 19 heteroatoms. The highest BCUT2D eigenvalue weighted by Gasteiger charge is 2.71. The highest BCUT2D eigenvalue weighted by molar-refractivity contribution is 5.73. The minimum Gasteiger partial charge on any atom is -0.479 e. The fourth-order valence-corrected chi connectivity index (χ4v) is 15.0. The van der Waals surface area contributed by atoms with Crippen LogP contribution >= 0.6 is 0 Å². The molecule has 25 atom stereocenters. The van der Waals surface area contributed by atoms with Gasteiger partial charge in [-0.15, -0.1) is 0 Å². The van der Waals surface area contributed by atoms with Crippen molar-refractivity contribution in [2.75, 3.05) is 19.8 Å². The minimum atomic E-state index is -2.01. The topological polar surface area (TPSA) is 315 Å². The molecule has 0 spiro atoms. The van der Waals surface area contributed by atoms with Gasteiger partial charge in [-0.2, -0.15) is 0 Å². The van der Waals surface area contributed by atoms with Gasteiger partial charge in [0.25, 0.3) is 0 Å². The highest BCUT2D eigenvalue weighted by atomic mass is 16.8. The van der Waals surface area contributed by atoms with E-state index in [-0.39, 0.29) is 47.2 Å². The Labute approximate surface area is 385 Å². The van der Waals surface area contributed by atoms with Crippen LogP contribution in [0.2, 0.25) is 0 Å². The van der Waals surface area contributed by atoms with E-state index < -0.39 is 133 Å². The van der Waals surface area contributed by atoms with E-state index in [0.717, 1.165) is 25.7 Å². The first-order chi connectivity index (χ1) is 30.7. The third-order valence-electron chi connectivity index (χ3n) is 19.4. The number of ether oxygens (including phenoxy) is 6. The second-order valence-electron chi connectivity index (χ2n) is 23.2. The van der Waals surface area contributed by atoms with E-state index >= 15 is 0 Å². The molecule has 3 saturated heterocycles. The van der Waals surface area contributed by atoms with Crippen molar-refractivity contribution < 1.29 is 94.5 Å². The van der Waals surface area contributed by atoms with Crippen LogP contribution in [0.1, 0.15) is 99.8 Å². The molecule has 4 saturated carbocycles. The van der Waals surface area contributed by atoms with Crippen LogP contribution < -0.4 is 0 Å². The minimum absolute atomic E-state index is 0.0120. The first-order valence-corrected chi connectivity index (χ1v) is 23.9. The molecule has 12 N–H and O–H groups in total. The summed E-state index contributed by atoms with van der Waals surface area (Å²) < 4.78 is 35.9. The summed E-state index contributed by atoms with van der Waals surface area (Å²) in [4.78, 5) is 12.3. The summed E-state index contributed by atoms with van der Waals surface area (Å²) in [6, 6.07) is 0. The molecule has 8 aliphatic rings. The summed E-state index contributed by atoms with van der Waals surface area (Å²) in [5, 5.41) is 129. The largest absolute Gasteiger partial charge is 0.479 e. The van der Waals surface area contributed by atoms with Gasteiger partial charge in [0.15, 0.2) is 25.0 Å². The fourth-order valence-electron chi connectivity index (χ4n) is 15.0. The molecular weight excluding hydrogens is 868 g/mol. The van der Waals surface area contributed by atoms with Crippen LogP contribution in [0.3, 0.4) is 0 Å². The summed E-state index contributed by atoms with van der Waals surface area (Å²) in [5.74, 6) is -1.51. The monoisotopic (exact) mass is 944 g/mol. The van der Waals surface area contributed by atoms with Crippen LogP contribution in [0.15, 0.2) is 11.6 Å². The molecule has 7 fully saturated rings. The van der Waals surface area contributed by atoms with Crippen molar-refractivity contribution in [2.24, 2.45) is 50.2 Å². The molecule has 0 aromatic heterocycles. The molecule has 66 heavy (non-hydrogen) atoms. The van der Waals surface area contributed by atoms with E-state index in [1.54, 1.807) is 0 Å². The molecule has 0 aromatic carbocycles. The van der Waals surface area contributed by atoms with E-state index in [4.69, 9.17) is 28.4 Å². The molecule has 8 rings (SSSR count). The van der Waals surface area contributed by atoms with Crippen LogP contribution in [0.25, 0.3) is 0 Å². The maximum absolute atomic E-state index is 12.4. The summed E-state index contributed by atoms with van der Waals surface area (Å²) >= 11 is 0. The molecular formula is C47H76O19. The highest BCUT2D eigenvalue weighted by Crippen LogP contribution is 2.76. The second kappa shape index (κ2) is 17.7. The summed E-state index contributed by atoms with van der Waals surface area (Å²) in [6.07, 6.45) is -17.7. The Morgan fingerprint density at radius 1 is 0.697 bits per heavy atom. The number of carbonyl (C=O) groups is 1. The zero-order valence-corrected chi connectivity index (χ0v) is 39.1. The summed E-state index contributed by atoms with van der Waals surface area (Å²) in [5.41, 5.74) is -1.51. The van der Waals surface area contributed by atoms with Gasteiger partial charge >= 0.3 is 5.97 Å². The van der Waals surface area contributed by atoms with Gasteiger partial charge in [0.1, 0.15) is 61.0 Å². The van der Waals surface area contributed by atoms with Gasteiger partial charge < -0.3 is 89.7 Å². The fraction of sp³-hybridized carbons (Fsp3) is 0.936. The van der Waals surface area contributed by atoms with Gasteiger partial charge in [-0.3, -0.25) is 0 Å². The van der Waals surface area contributed by atoms with E-state index in [2.05, 4.69) is 47.6 Å². The molecule has 378 valence electrons. The number of aliphatic hydroxyl groups is 11. The zero-order valence-electron chi connectivity index (χ0n) is 39.1. The molecule has 0 aromatic rings. The lowest BCUT2D eigenvalue weighted by Gasteiger charge is -2.72. The lowest BCUT2D eigenvalue weighted by atomic mass is 9.33. The van der Waals surface area contributed by atoms with Crippen LogP contribution in [-0.2, 0) is 33.2 Å². The van der Waals surface area contributed by atoms with Crippen molar-refractivity contribution >= 4 is 5.97 Å². The van der Waals surface area contributed by atoms with Crippen LogP contribution in [0, 0.1) is 50.2 Å². The Balaban J connectivity index is 1.04. The molecule has 3 heterocycles. The van der Waals surface area contributed by atoms with Crippen molar-refractivity contribution in [2.45, 2.75) is 204 Å². The molecule has 5 aliphatic carbocycles. The second-order valence-corrected chi connectivity index (χ2v) is 23.2. The molecule has 19 nitrogen and oxygen atoms in total. The Morgan fingerprint density at radius 2 is 1.38 bits per heavy atom. The SMILES string of the molecule is CC1(C)C[C@H]2C3=CCC4[C@@]5(C)CC[C@H](O[C@@H]6O[C@H](C(=O)O)[C@@H](O)[C@H](O)[C@H]6O[C@@H]6O[C@H](CO)[C@H](O)[C@H](O)[C@H]6O)[C@](C)(CO)C5CC[C@@]4(C)[C@]3(C)CC[C@@]2(C)[C@H](O)[C@@H]1O[C@@H]1OC[C@@H](O)[C@H](O)[C@H]1O. The molecule has 0 radical (unpaired) electrons. The van der Waals surface area contributed by atoms with Crippen LogP contribution in [-0.4, -0.2) is 191 Å². The Kier molecular flexibility index (Phi) is 13.6. The van der Waals surface area contributed by atoms with Gasteiger partial charge in [-0.25, -0.2) is 4.79 Å². The number of carboxylic acid groups (broad SMARTS) is 1. The van der Waals surface area contributed by atoms with Crippen molar-refractivity contribution in [1.82, 2.24) is 0 Å². The number of hydrogen-bond donors (Lipinski definition) is 12. The van der Waals surface area contributed by atoms with Crippen molar-refractivity contribution in [3.05, 3.63) is 11.6 Å². The van der Waals surface area contributed by atoms with E-state index in [9.17, 15) is 66.1 Å². The van der Waals surface area contributed by atoms with Gasteiger partial charge in [0.2, 0.25) is 0 Å². The predicted molar refractivity (Wildman–Crippen MR) is 227 cm³/mol. The first kappa shape index (κ1) is 50.9. The van der Waals surface area contributed by atoms with Crippen LogP contribution in [0.4, 0.5) is 0 Å². The van der Waals surface area contributed by atoms with Crippen molar-refractivity contribution in [1.29, 1.82) is 0 Å². The van der Waals surface area contributed by atoms with E-state index in [1.165, 1.54) is 5.57 Å². The van der Waals surface area contributed by atoms with Crippen molar-refractivity contribution in [3.63, 3.8) is 0 Å². The zero-order chi connectivity index (χ0) is 48.4. The Morgan fingerprint density at radius 3 is 2.03 bits per heavy atom. The number of aliphatic carboxylic acids is 1. The normalized spacial score (nSPS) is 55.9. The number of aliphatic hydroxyl groups excluding tert-OH is 11. The maximum atomic E-state index is 12.4. The van der Waals surface area contributed by atoms with E-state index in [0.29, 0.717) is 25.7 Å². The van der Waals surface area contributed by atoms with Gasteiger partial charge in [-0.1, -0.05) is 60.1 Å². The molecule has 0 bridgehead atoms. The smallest absolute Gasteiger partial charge is 0.335 e. The van der Waals surface area contributed by atoms with Crippen LogP contribution in [0.5, 0.6) is 0 Å². The summed E-state index contributed by atoms with van der Waals surface area (Å²) in [6.45, 7) is 14.0. The third kappa shape index (κ3) is 7.60.